The molecule has 2 N–H and O–H groups in total. The second-order valence-corrected chi connectivity index (χ2v) is 6.52. The van der Waals surface area contributed by atoms with Crippen LogP contribution in [0.15, 0.2) is 35.1 Å². The molecule has 0 spiro atoms. The molecule has 0 radical (unpaired) electrons. The van der Waals surface area contributed by atoms with E-state index in [9.17, 15) is 4.79 Å². The van der Waals surface area contributed by atoms with Crippen molar-refractivity contribution in [2.75, 3.05) is 18.0 Å². The highest BCUT2D eigenvalue weighted by Crippen LogP contribution is 2.34. The number of hydrogen-bond acceptors (Lipinski definition) is 6. The quantitative estimate of drug-likeness (QED) is 0.773. The second kappa shape index (κ2) is 6.33. The zero-order chi connectivity index (χ0) is 17.4. The molecule has 3 heterocycles. The third-order valence-electron chi connectivity index (χ3n) is 4.57. The Morgan fingerprint density at radius 3 is 2.60 bits per heavy atom. The maximum absolute atomic E-state index is 11.4. The van der Waals surface area contributed by atoms with Gasteiger partial charge in [0.1, 0.15) is 23.2 Å². The number of hydrogen-bond donors (Lipinski definition) is 1. The number of carbonyl (C=O) groups excluding carboxylic acids is 1. The molecule has 4 rings (SSSR count). The SMILES string of the molecule is NC(=O)C1CCN(c2ncnc3onc(-c4ccc(Cl)cc4)c23)CC1. The van der Waals surface area contributed by atoms with Crippen molar-refractivity contribution < 1.29 is 9.32 Å². The number of amides is 1. The Morgan fingerprint density at radius 2 is 1.92 bits per heavy atom. The van der Waals surface area contributed by atoms with Crippen molar-refractivity contribution in [2.24, 2.45) is 11.7 Å². The van der Waals surface area contributed by atoms with Crippen molar-refractivity contribution in [2.45, 2.75) is 12.8 Å². The van der Waals surface area contributed by atoms with Gasteiger partial charge < -0.3 is 15.2 Å². The van der Waals surface area contributed by atoms with Gasteiger partial charge in [0, 0.05) is 29.6 Å². The number of benzene rings is 1. The molecule has 3 aromatic rings. The van der Waals surface area contributed by atoms with Gasteiger partial charge in [0.05, 0.1) is 0 Å². The largest absolute Gasteiger partial charge is 0.369 e. The average Bonchev–Trinajstić information content (AvgIpc) is 3.07. The summed E-state index contributed by atoms with van der Waals surface area (Å²) in [5.74, 6) is 0.449. The van der Waals surface area contributed by atoms with Crippen LogP contribution in [0.25, 0.3) is 22.4 Å². The van der Waals surface area contributed by atoms with E-state index in [4.69, 9.17) is 21.9 Å². The maximum atomic E-state index is 11.4. The minimum absolute atomic E-state index is 0.0770. The van der Waals surface area contributed by atoms with E-state index in [2.05, 4.69) is 20.0 Å². The Labute approximate surface area is 148 Å². The molecule has 7 nitrogen and oxygen atoms in total. The molecule has 8 heteroatoms. The van der Waals surface area contributed by atoms with E-state index < -0.39 is 0 Å². The summed E-state index contributed by atoms with van der Waals surface area (Å²) >= 11 is 5.97. The van der Waals surface area contributed by atoms with Gasteiger partial charge >= 0.3 is 0 Å². The first-order chi connectivity index (χ1) is 12.1. The van der Waals surface area contributed by atoms with Gasteiger partial charge in [-0.1, -0.05) is 28.9 Å². The lowest BCUT2D eigenvalue weighted by Gasteiger charge is -2.31. The fourth-order valence-electron chi connectivity index (χ4n) is 3.19. The Morgan fingerprint density at radius 1 is 1.20 bits per heavy atom. The number of rotatable bonds is 3. The predicted molar refractivity (Wildman–Crippen MR) is 94.2 cm³/mol. The fourth-order valence-corrected chi connectivity index (χ4v) is 3.32. The zero-order valence-corrected chi connectivity index (χ0v) is 14.1. The summed E-state index contributed by atoms with van der Waals surface area (Å²) < 4.78 is 5.39. The number of carbonyl (C=O) groups is 1. The van der Waals surface area contributed by atoms with Crippen LogP contribution in [0.5, 0.6) is 0 Å². The first-order valence-electron chi connectivity index (χ1n) is 8.04. The van der Waals surface area contributed by atoms with Crippen LogP contribution in [0.2, 0.25) is 5.02 Å². The van der Waals surface area contributed by atoms with Crippen molar-refractivity contribution >= 4 is 34.4 Å². The smallest absolute Gasteiger partial charge is 0.263 e. The number of piperidine rings is 1. The molecule has 0 atom stereocenters. The summed E-state index contributed by atoms with van der Waals surface area (Å²) in [7, 11) is 0. The molecule has 128 valence electrons. The maximum Gasteiger partial charge on any atom is 0.263 e. The van der Waals surface area contributed by atoms with Crippen LogP contribution < -0.4 is 10.6 Å². The highest BCUT2D eigenvalue weighted by molar-refractivity contribution is 6.30. The molecule has 1 aliphatic heterocycles. The summed E-state index contributed by atoms with van der Waals surface area (Å²) in [5, 5.41) is 5.59. The lowest BCUT2D eigenvalue weighted by molar-refractivity contribution is -0.122. The third-order valence-corrected chi connectivity index (χ3v) is 4.82. The second-order valence-electron chi connectivity index (χ2n) is 6.08. The number of fused-ring (bicyclic) bond motifs is 1. The van der Waals surface area contributed by atoms with E-state index in [-0.39, 0.29) is 11.8 Å². The molecular formula is C17H16ClN5O2. The molecule has 1 fully saturated rings. The first kappa shape index (κ1) is 15.8. The number of anilines is 1. The van der Waals surface area contributed by atoms with Crippen LogP contribution in [0.3, 0.4) is 0 Å². The van der Waals surface area contributed by atoms with Gasteiger partial charge in [0.25, 0.3) is 5.71 Å². The van der Waals surface area contributed by atoms with Crippen LogP contribution in [-0.2, 0) is 4.79 Å². The van der Waals surface area contributed by atoms with E-state index in [1.807, 2.05) is 12.1 Å². The third kappa shape index (κ3) is 2.91. The monoisotopic (exact) mass is 357 g/mol. The number of primary amides is 1. The minimum Gasteiger partial charge on any atom is -0.369 e. The summed E-state index contributed by atoms with van der Waals surface area (Å²) in [6, 6.07) is 7.38. The highest BCUT2D eigenvalue weighted by atomic mass is 35.5. The van der Waals surface area contributed by atoms with E-state index in [1.54, 1.807) is 12.1 Å². The topological polar surface area (TPSA) is 98.1 Å². The Bertz CT molecular complexity index is 916. The molecule has 0 unspecified atom stereocenters. The molecule has 0 saturated carbocycles. The Balaban J connectivity index is 1.74. The summed E-state index contributed by atoms with van der Waals surface area (Å²) in [5.41, 5.74) is 7.42. The van der Waals surface area contributed by atoms with E-state index in [0.29, 0.717) is 42.4 Å². The lowest BCUT2D eigenvalue weighted by atomic mass is 9.96. The normalized spacial score (nSPS) is 15.6. The molecule has 2 aromatic heterocycles. The van der Waals surface area contributed by atoms with E-state index in [0.717, 1.165) is 16.8 Å². The Kier molecular flexibility index (Phi) is 4.01. The van der Waals surface area contributed by atoms with Crippen molar-refractivity contribution in [3.8, 4) is 11.3 Å². The highest BCUT2D eigenvalue weighted by Gasteiger charge is 2.27. The molecule has 25 heavy (non-hydrogen) atoms. The zero-order valence-electron chi connectivity index (χ0n) is 13.4. The van der Waals surface area contributed by atoms with Crippen LogP contribution in [0, 0.1) is 5.92 Å². The van der Waals surface area contributed by atoms with Crippen molar-refractivity contribution in [3.05, 3.63) is 35.6 Å². The molecule has 0 aliphatic carbocycles. The van der Waals surface area contributed by atoms with Gasteiger partial charge in [-0.25, -0.2) is 4.98 Å². The van der Waals surface area contributed by atoms with Gasteiger partial charge in [-0.2, -0.15) is 4.98 Å². The molecular weight excluding hydrogens is 342 g/mol. The van der Waals surface area contributed by atoms with Crippen molar-refractivity contribution in [1.29, 1.82) is 0 Å². The van der Waals surface area contributed by atoms with Crippen LogP contribution >= 0.6 is 11.6 Å². The number of nitrogens with two attached hydrogens (primary N) is 1. The number of halogens is 1. The van der Waals surface area contributed by atoms with Crippen molar-refractivity contribution in [1.82, 2.24) is 15.1 Å². The average molecular weight is 358 g/mol. The Hall–Kier alpha value is -2.67. The van der Waals surface area contributed by atoms with Gasteiger partial charge in [0.15, 0.2) is 0 Å². The molecule has 1 saturated heterocycles. The van der Waals surface area contributed by atoms with Gasteiger partial charge in [-0.05, 0) is 25.0 Å². The molecule has 0 bridgehead atoms. The van der Waals surface area contributed by atoms with Crippen LogP contribution in [-0.4, -0.2) is 34.1 Å². The van der Waals surface area contributed by atoms with E-state index in [1.165, 1.54) is 6.33 Å². The fraction of sp³-hybridized carbons (Fsp3) is 0.294. The lowest BCUT2D eigenvalue weighted by Crippen LogP contribution is -2.39. The number of aromatic nitrogens is 3. The summed E-state index contributed by atoms with van der Waals surface area (Å²) in [6.45, 7) is 1.40. The number of nitrogens with zero attached hydrogens (tertiary/aromatic N) is 4. The van der Waals surface area contributed by atoms with E-state index >= 15 is 0 Å². The van der Waals surface area contributed by atoms with Gasteiger partial charge in [-0.15, -0.1) is 0 Å². The predicted octanol–water partition coefficient (Wildman–Crippen LogP) is 2.64. The minimum atomic E-state index is -0.237. The molecule has 1 aromatic carbocycles. The molecule has 1 amide bonds. The van der Waals surface area contributed by atoms with Crippen molar-refractivity contribution in [3.63, 3.8) is 0 Å². The van der Waals surface area contributed by atoms with Crippen LogP contribution in [0.1, 0.15) is 12.8 Å². The van der Waals surface area contributed by atoms with Crippen LogP contribution in [0.4, 0.5) is 5.82 Å². The molecule has 1 aliphatic rings. The first-order valence-corrected chi connectivity index (χ1v) is 8.42. The summed E-state index contributed by atoms with van der Waals surface area (Å²) in [6.07, 6.45) is 2.89. The van der Waals surface area contributed by atoms with Gasteiger partial charge in [-0.3, -0.25) is 4.79 Å². The summed E-state index contributed by atoms with van der Waals surface area (Å²) in [4.78, 5) is 22.1. The van der Waals surface area contributed by atoms with Gasteiger partial charge in [0.2, 0.25) is 5.91 Å². The standard InChI is InChI=1S/C17H16ClN5O2/c18-12-3-1-10(2-4-12)14-13-16(20-9-21-17(13)25-22-14)23-7-5-11(6-8-23)15(19)24/h1-4,9,11H,5-8H2,(H2,19,24).